The molecule has 1 saturated heterocycles. The maximum atomic E-state index is 12.5. The SMILES string of the molecule is Cc1cc(S(=O)(=O)NCc2nccc(N3CCCC3)n2)c(Cl)cc1Cl. The van der Waals surface area contributed by atoms with E-state index in [1.807, 2.05) is 6.07 Å². The minimum absolute atomic E-state index is 0.00763. The van der Waals surface area contributed by atoms with Crippen molar-refractivity contribution < 1.29 is 8.42 Å². The Morgan fingerprint density at radius 3 is 2.64 bits per heavy atom. The van der Waals surface area contributed by atoms with E-state index in [0.717, 1.165) is 31.7 Å². The van der Waals surface area contributed by atoms with Crippen molar-refractivity contribution in [2.45, 2.75) is 31.2 Å². The van der Waals surface area contributed by atoms with Crippen molar-refractivity contribution in [3.05, 3.63) is 45.8 Å². The van der Waals surface area contributed by atoms with E-state index in [1.54, 1.807) is 13.1 Å². The van der Waals surface area contributed by atoms with Gasteiger partial charge in [-0.3, -0.25) is 0 Å². The molecule has 0 spiro atoms. The van der Waals surface area contributed by atoms with E-state index in [2.05, 4.69) is 19.6 Å². The van der Waals surface area contributed by atoms with Gasteiger partial charge in [0.15, 0.2) is 0 Å². The smallest absolute Gasteiger partial charge is 0.242 e. The van der Waals surface area contributed by atoms with Crippen LogP contribution in [0.1, 0.15) is 24.2 Å². The molecule has 0 atom stereocenters. The first-order valence-corrected chi connectivity index (χ1v) is 10.1. The Labute approximate surface area is 157 Å². The largest absolute Gasteiger partial charge is 0.357 e. The molecule has 0 unspecified atom stereocenters. The molecule has 1 N–H and O–H groups in total. The topological polar surface area (TPSA) is 75.2 Å². The summed E-state index contributed by atoms with van der Waals surface area (Å²) in [5.41, 5.74) is 0.638. The van der Waals surface area contributed by atoms with Crippen LogP contribution in [0.3, 0.4) is 0 Å². The van der Waals surface area contributed by atoms with Gasteiger partial charge < -0.3 is 4.90 Å². The molecule has 3 rings (SSSR count). The Balaban J connectivity index is 1.76. The molecule has 1 aromatic heterocycles. The molecule has 1 fully saturated rings. The number of nitrogens with one attached hydrogen (secondary N) is 1. The number of aryl methyl sites for hydroxylation is 1. The van der Waals surface area contributed by atoms with E-state index >= 15 is 0 Å². The first-order valence-electron chi connectivity index (χ1n) is 7.89. The molecule has 2 heterocycles. The summed E-state index contributed by atoms with van der Waals surface area (Å²) in [6.45, 7) is 3.63. The average molecular weight is 401 g/mol. The molecule has 0 radical (unpaired) electrons. The molecule has 0 aliphatic carbocycles. The number of hydrogen-bond acceptors (Lipinski definition) is 5. The van der Waals surface area contributed by atoms with E-state index in [-0.39, 0.29) is 16.5 Å². The zero-order chi connectivity index (χ0) is 18.0. The van der Waals surface area contributed by atoms with Crippen LogP contribution in [0.2, 0.25) is 10.0 Å². The Kier molecular flexibility index (Phi) is 5.48. The van der Waals surface area contributed by atoms with Gasteiger partial charge in [0.25, 0.3) is 0 Å². The van der Waals surface area contributed by atoms with E-state index in [1.165, 1.54) is 12.1 Å². The second-order valence-electron chi connectivity index (χ2n) is 5.88. The lowest BCUT2D eigenvalue weighted by Gasteiger charge is -2.16. The first kappa shape index (κ1) is 18.4. The molecule has 134 valence electrons. The Morgan fingerprint density at radius 1 is 1.20 bits per heavy atom. The number of anilines is 1. The fourth-order valence-corrected chi connectivity index (χ4v) is 4.48. The summed E-state index contributed by atoms with van der Waals surface area (Å²) >= 11 is 12.0. The summed E-state index contributed by atoms with van der Waals surface area (Å²) in [5, 5.41) is 0.500. The molecular formula is C16H18Cl2N4O2S. The summed E-state index contributed by atoms with van der Waals surface area (Å²) < 4.78 is 27.6. The van der Waals surface area contributed by atoms with Crippen molar-refractivity contribution in [3.63, 3.8) is 0 Å². The number of rotatable bonds is 5. The molecule has 0 saturated carbocycles. The highest BCUT2D eigenvalue weighted by Gasteiger charge is 2.20. The van der Waals surface area contributed by atoms with Crippen LogP contribution in [0.4, 0.5) is 5.82 Å². The predicted molar refractivity (Wildman–Crippen MR) is 98.7 cm³/mol. The summed E-state index contributed by atoms with van der Waals surface area (Å²) in [6.07, 6.45) is 3.92. The zero-order valence-corrected chi connectivity index (χ0v) is 16.0. The fourth-order valence-electron chi connectivity index (χ4n) is 2.67. The van der Waals surface area contributed by atoms with Gasteiger partial charge in [0.2, 0.25) is 10.0 Å². The third-order valence-corrected chi connectivity index (χ3v) is 6.32. The summed E-state index contributed by atoms with van der Waals surface area (Å²) in [6, 6.07) is 4.72. The molecule has 25 heavy (non-hydrogen) atoms. The second kappa shape index (κ2) is 7.45. The van der Waals surface area contributed by atoms with Crippen LogP contribution in [-0.2, 0) is 16.6 Å². The van der Waals surface area contributed by atoms with Crippen LogP contribution >= 0.6 is 23.2 Å². The van der Waals surface area contributed by atoms with E-state index < -0.39 is 10.0 Å². The number of aromatic nitrogens is 2. The standard InChI is InChI=1S/C16H18Cl2N4O2S/c1-11-8-14(13(18)9-12(11)17)25(23,24)20-10-15-19-5-4-16(21-15)22-6-2-3-7-22/h4-5,8-9,20H,2-3,6-7,10H2,1H3. The number of halogens is 2. The monoisotopic (exact) mass is 400 g/mol. The van der Waals surface area contributed by atoms with Crippen molar-refractivity contribution in [3.8, 4) is 0 Å². The molecule has 9 heteroatoms. The Hall–Kier alpha value is -1.41. The van der Waals surface area contributed by atoms with E-state index in [9.17, 15) is 8.42 Å². The van der Waals surface area contributed by atoms with Gasteiger partial charge in [-0.15, -0.1) is 0 Å². The molecule has 1 aromatic carbocycles. The maximum Gasteiger partial charge on any atom is 0.242 e. The number of nitrogens with zero attached hydrogens (tertiary/aromatic N) is 3. The van der Waals surface area contributed by atoms with Gasteiger partial charge in [0, 0.05) is 24.3 Å². The summed E-state index contributed by atoms with van der Waals surface area (Å²) in [4.78, 5) is 10.7. The molecule has 0 amide bonds. The normalized spacial score (nSPS) is 14.9. The average Bonchev–Trinajstić information content (AvgIpc) is 3.11. The fraction of sp³-hybridized carbons (Fsp3) is 0.375. The lowest BCUT2D eigenvalue weighted by atomic mass is 10.2. The summed E-state index contributed by atoms with van der Waals surface area (Å²) in [5.74, 6) is 1.23. The van der Waals surface area contributed by atoms with E-state index in [0.29, 0.717) is 16.4 Å². The van der Waals surface area contributed by atoms with Crippen molar-refractivity contribution in [1.29, 1.82) is 0 Å². The highest BCUT2D eigenvalue weighted by Crippen LogP contribution is 2.28. The summed E-state index contributed by atoms with van der Waals surface area (Å²) in [7, 11) is -3.79. The van der Waals surface area contributed by atoms with Gasteiger partial charge in [0.1, 0.15) is 16.5 Å². The molecule has 6 nitrogen and oxygen atoms in total. The predicted octanol–water partition coefficient (Wildman–Crippen LogP) is 3.17. The maximum absolute atomic E-state index is 12.5. The van der Waals surface area contributed by atoms with Gasteiger partial charge in [0.05, 0.1) is 11.6 Å². The number of sulfonamides is 1. The van der Waals surface area contributed by atoms with Crippen LogP contribution in [0, 0.1) is 6.92 Å². The zero-order valence-electron chi connectivity index (χ0n) is 13.7. The third kappa shape index (κ3) is 4.23. The minimum Gasteiger partial charge on any atom is -0.357 e. The van der Waals surface area contributed by atoms with Crippen molar-refractivity contribution >= 4 is 39.0 Å². The van der Waals surface area contributed by atoms with Gasteiger partial charge in [-0.2, -0.15) is 0 Å². The highest BCUT2D eigenvalue weighted by molar-refractivity contribution is 7.89. The van der Waals surface area contributed by atoms with Crippen molar-refractivity contribution in [2.24, 2.45) is 0 Å². The second-order valence-corrected chi connectivity index (χ2v) is 8.43. The van der Waals surface area contributed by atoms with Gasteiger partial charge >= 0.3 is 0 Å². The van der Waals surface area contributed by atoms with Crippen molar-refractivity contribution in [1.82, 2.24) is 14.7 Å². The molecule has 0 bridgehead atoms. The Morgan fingerprint density at radius 2 is 1.92 bits per heavy atom. The quantitative estimate of drug-likeness (QED) is 0.833. The first-order chi connectivity index (χ1) is 11.9. The number of benzene rings is 1. The van der Waals surface area contributed by atoms with Crippen LogP contribution in [0.25, 0.3) is 0 Å². The van der Waals surface area contributed by atoms with E-state index in [4.69, 9.17) is 23.2 Å². The lowest BCUT2D eigenvalue weighted by molar-refractivity contribution is 0.579. The van der Waals surface area contributed by atoms with Crippen LogP contribution in [-0.4, -0.2) is 31.5 Å². The van der Waals surface area contributed by atoms with Crippen LogP contribution < -0.4 is 9.62 Å². The lowest BCUT2D eigenvalue weighted by Crippen LogP contribution is -2.26. The number of hydrogen-bond donors (Lipinski definition) is 1. The van der Waals surface area contributed by atoms with Gasteiger partial charge in [-0.05, 0) is 43.5 Å². The molecular weight excluding hydrogens is 383 g/mol. The highest BCUT2D eigenvalue weighted by atomic mass is 35.5. The molecule has 1 aliphatic heterocycles. The minimum atomic E-state index is -3.79. The molecule has 2 aromatic rings. The van der Waals surface area contributed by atoms with Gasteiger partial charge in [-0.1, -0.05) is 23.2 Å². The molecule has 1 aliphatic rings. The van der Waals surface area contributed by atoms with Crippen molar-refractivity contribution in [2.75, 3.05) is 18.0 Å². The third-order valence-electron chi connectivity index (χ3n) is 4.04. The van der Waals surface area contributed by atoms with Crippen LogP contribution in [0.5, 0.6) is 0 Å². The Bertz CT molecular complexity index is 884. The van der Waals surface area contributed by atoms with Gasteiger partial charge in [-0.25, -0.2) is 23.1 Å². The van der Waals surface area contributed by atoms with Crippen LogP contribution in [0.15, 0.2) is 29.3 Å².